The second kappa shape index (κ2) is 7.55. The van der Waals surface area contributed by atoms with Crippen LogP contribution in [-0.2, 0) is 11.2 Å². The highest BCUT2D eigenvalue weighted by molar-refractivity contribution is 5.78. The highest BCUT2D eigenvalue weighted by atomic mass is 16.1. The van der Waals surface area contributed by atoms with E-state index in [4.69, 9.17) is 6.42 Å². The summed E-state index contributed by atoms with van der Waals surface area (Å²) < 4.78 is 0. The van der Waals surface area contributed by atoms with Gasteiger partial charge in [0.25, 0.3) is 0 Å². The first-order chi connectivity index (χ1) is 8.63. The minimum Gasteiger partial charge on any atom is -0.356 e. The van der Waals surface area contributed by atoms with Crippen LogP contribution in [0.1, 0.15) is 36.0 Å². The second-order valence-electron chi connectivity index (χ2n) is 4.61. The lowest BCUT2D eigenvalue weighted by Crippen LogP contribution is -2.26. The van der Waals surface area contributed by atoms with Gasteiger partial charge in [0.05, 0.1) is 6.42 Å². The van der Waals surface area contributed by atoms with Crippen LogP contribution in [0.2, 0.25) is 0 Å². The molecule has 0 saturated carbocycles. The van der Waals surface area contributed by atoms with E-state index in [9.17, 15) is 4.79 Å². The molecule has 0 aliphatic rings. The van der Waals surface area contributed by atoms with E-state index in [1.165, 1.54) is 11.1 Å². The molecule has 0 radical (unpaired) electrons. The predicted octanol–water partition coefficient (Wildman–Crippen LogP) is 2.77. The third-order valence-corrected chi connectivity index (χ3v) is 3.01. The van der Waals surface area contributed by atoms with E-state index in [2.05, 4.69) is 37.2 Å². The van der Waals surface area contributed by atoms with E-state index in [0.29, 0.717) is 13.0 Å². The highest BCUT2D eigenvalue weighted by Crippen LogP contribution is 2.10. The first kappa shape index (κ1) is 14.3. The molecule has 0 fully saturated rings. The van der Waals surface area contributed by atoms with Gasteiger partial charge in [-0.2, -0.15) is 0 Å². The number of carbonyl (C=O) groups is 1. The normalized spacial score (nSPS) is 9.83. The molecule has 0 heterocycles. The van der Waals surface area contributed by atoms with Crippen molar-refractivity contribution in [1.29, 1.82) is 0 Å². The molecule has 1 aromatic rings. The van der Waals surface area contributed by atoms with Crippen molar-refractivity contribution in [3.8, 4) is 12.3 Å². The van der Waals surface area contributed by atoms with E-state index in [-0.39, 0.29) is 5.91 Å². The summed E-state index contributed by atoms with van der Waals surface area (Å²) in [6.45, 7) is 4.85. The summed E-state index contributed by atoms with van der Waals surface area (Å²) in [7, 11) is 0. The van der Waals surface area contributed by atoms with Crippen molar-refractivity contribution >= 4 is 5.91 Å². The molecule has 0 atom stereocenters. The maximum atomic E-state index is 11.7. The molecule has 1 aromatic carbocycles. The molecule has 1 N–H and O–H groups in total. The van der Waals surface area contributed by atoms with Crippen LogP contribution in [0.25, 0.3) is 0 Å². The van der Waals surface area contributed by atoms with Crippen LogP contribution in [0.15, 0.2) is 18.2 Å². The minimum atomic E-state index is 0.0824. The fraction of sp³-hybridized carbons (Fsp3) is 0.438. The van der Waals surface area contributed by atoms with Gasteiger partial charge in [-0.3, -0.25) is 4.79 Å². The fourth-order valence-electron chi connectivity index (χ4n) is 1.74. The molecular formula is C16H21NO. The molecule has 96 valence electrons. The molecule has 18 heavy (non-hydrogen) atoms. The van der Waals surface area contributed by atoms with Gasteiger partial charge in [-0.05, 0) is 43.4 Å². The number of aryl methyl sites for hydroxylation is 2. The monoisotopic (exact) mass is 243 g/mol. The van der Waals surface area contributed by atoms with Crippen LogP contribution in [0.3, 0.4) is 0 Å². The third kappa shape index (κ3) is 5.05. The first-order valence-electron chi connectivity index (χ1n) is 6.40. The summed E-state index contributed by atoms with van der Waals surface area (Å²) in [6, 6.07) is 6.15. The Labute approximate surface area is 110 Å². The maximum absolute atomic E-state index is 11.7. The van der Waals surface area contributed by atoms with E-state index >= 15 is 0 Å². The van der Waals surface area contributed by atoms with Crippen LogP contribution in [0.4, 0.5) is 0 Å². The summed E-state index contributed by atoms with van der Waals surface area (Å²) in [6.07, 6.45) is 8.32. The Morgan fingerprint density at radius 2 is 2.06 bits per heavy atom. The van der Waals surface area contributed by atoms with Crippen molar-refractivity contribution < 1.29 is 4.79 Å². The summed E-state index contributed by atoms with van der Waals surface area (Å²) in [5.41, 5.74) is 3.56. The Kier molecular flexibility index (Phi) is 6.00. The lowest BCUT2D eigenvalue weighted by atomic mass is 10.0. The topological polar surface area (TPSA) is 29.1 Å². The SMILES string of the molecule is C#CCCCCNC(=O)Cc1ccc(C)c(C)c1. The number of nitrogens with one attached hydrogen (secondary N) is 1. The number of hydrogen-bond acceptors (Lipinski definition) is 1. The Hall–Kier alpha value is -1.75. The molecule has 0 bridgehead atoms. The number of unbranched alkanes of at least 4 members (excludes halogenated alkanes) is 2. The van der Waals surface area contributed by atoms with Crippen molar-refractivity contribution in [3.63, 3.8) is 0 Å². The zero-order valence-corrected chi connectivity index (χ0v) is 11.3. The molecule has 2 heteroatoms. The van der Waals surface area contributed by atoms with E-state index < -0.39 is 0 Å². The van der Waals surface area contributed by atoms with Crippen LogP contribution in [-0.4, -0.2) is 12.5 Å². The highest BCUT2D eigenvalue weighted by Gasteiger charge is 2.03. The van der Waals surface area contributed by atoms with Gasteiger partial charge in [-0.1, -0.05) is 18.2 Å². The average Bonchev–Trinajstić information content (AvgIpc) is 2.34. The Morgan fingerprint density at radius 3 is 2.72 bits per heavy atom. The molecule has 0 saturated heterocycles. The van der Waals surface area contributed by atoms with Crippen molar-refractivity contribution in [2.24, 2.45) is 0 Å². The molecule has 0 aliphatic heterocycles. The van der Waals surface area contributed by atoms with E-state index in [1.807, 2.05) is 6.07 Å². The zero-order valence-electron chi connectivity index (χ0n) is 11.3. The van der Waals surface area contributed by atoms with Crippen LogP contribution < -0.4 is 5.32 Å². The van der Waals surface area contributed by atoms with E-state index in [1.54, 1.807) is 0 Å². The molecule has 0 aromatic heterocycles. The van der Waals surface area contributed by atoms with Gasteiger partial charge in [-0.25, -0.2) is 0 Å². The Morgan fingerprint density at radius 1 is 1.28 bits per heavy atom. The standard InChI is InChI=1S/C16H21NO/c1-4-5-6-7-10-17-16(18)12-15-9-8-13(2)14(3)11-15/h1,8-9,11H,5-7,10,12H2,2-3H3,(H,17,18). The largest absolute Gasteiger partial charge is 0.356 e. The number of hydrogen-bond donors (Lipinski definition) is 1. The number of benzene rings is 1. The van der Waals surface area contributed by atoms with E-state index in [0.717, 1.165) is 24.8 Å². The Balaban J connectivity index is 2.31. The number of carbonyl (C=O) groups excluding carboxylic acids is 1. The van der Waals surface area contributed by atoms with Gasteiger partial charge in [0.1, 0.15) is 0 Å². The van der Waals surface area contributed by atoms with Crippen molar-refractivity contribution in [2.75, 3.05) is 6.54 Å². The van der Waals surface area contributed by atoms with Crippen molar-refractivity contribution in [1.82, 2.24) is 5.32 Å². The number of amides is 1. The summed E-state index contributed by atoms with van der Waals surface area (Å²) in [5, 5.41) is 2.92. The maximum Gasteiger partial charge on any atom is 0.224 e. The third-order valence-electron chi connectivity index (χ3n) is 3.01. The Bertz CT molecular complexity index is 443. The fourth-order valence-corrected chi connectivity index (χ4v) is 1.74. The van der Waals surface area contributed by atoms with Gasteiger partial charge < -0.3 is 5.32 Å². The lowest BCUT2D eigenvalue weighted by Gasteiger charge is -2.06. The minimum absolute atomic E-state index is 0.0824. The molecule has 0 aliphatic carbocycles. The van der Waals surface area contributed by atoms with Crippen molar-refractivity contribution in [3.05, 3.63) is 34.9 Å². The van der Waals surface area contributed by atoms with Crippen molar-refractivity contribution in [2.45, 2.75) is 39.5 Å². The molecular weight excluding hydrogens is 222 g/mol. The molecule has 0 unspecified atom stereocenters. The second-order valence-corrected chi connectivity index (χ2v) is 4.61. The van der Waals surface area contributed by atoms with Gasteiger partial charge >= 0.3 is 0 Å². The summed E-state index contributed by atoms with van der Waals surface area (Å²) >= 11 is 0. The molecule has 2 nitrogen and oxygen atoms in total. The first-order valence-corrected chi connectivity index (χ1v) is 6.40. The van der Waals surface area contributed by atoms with Gasteiger partial charge in [0.15, 0.2) is 0 Å². The smallest absolute Gasteiger partial charge is 0.224 e. The predicted molar refractivity (Wildman–Crippen MR) is 75.3 cm³/mol. The number of terminal acetylenes is 1. The van der Waals surface area contributed by atoms with Gasteiger partial charge in [-0.15, -0.1) is 12.3 Å². The van der Waals surface area contributed by atoms with Crippen LogP contribution in [0.5, 0.6) is 0 Å². The average molecular weight is 243 g/mol. The lowest BCUT2D eigenvalue weighted by molar-refractivity contribution is -0.120. The van der Waals surface area contributed by atoms with Gasteiger partial charge in [0.2, 0.25) is 5.91 Å². The zero-order chi connectivity index (χ0) is 13.4. The molecule has 1 rings (SSSR count). The molecule has 0 spiro atoms. The quantitative estimate of drug-likeness (QED) is 0.604. The summed E-state index contributed by atoms with van der Waals surface area (Å²) in [5.74, 6) is 2.68. The molecule has 1 amide bonds. The van der Waals surface area contributed by atoms with Gasteiger partial charge in [0, 0.05) is 13.0 Å². The van der Waals surface area contributed by atoms with Crippen LogP contribution in [0, 0.1) is 26.2 Å². The summed E-state index contributed by atoms with van der Waals surface area (Å²) in [4.78, 5) is 11.7. The van der Waals surface area contributed by atoms with Crippen LogP contribution >= 0.6 is 0 Å². The number of rotatable bonds is 6.